The van der Waals surface area contributed by atoms with Gasteiger partial charge < -0.3 is 0 Å². The van der Waals surface area contributed by atoms with Gasteiger partial charge >= 0.3 is 0 Å². The maximum atomic E-state index is 11.3. The Bertz CT molecular complexity index is 439. The van der Waals surface area contributed by atoms with Crippen molar-refractivity contribution in [2.24, 2.45) is 0 Å². The molecular weight excluding hydrogens is 254 g/mol. The summed E-state index contributed by atoms with van der Waals surface area (Å²) in [7, 11) is -3.41. The molecule has 1 heterocycles. The van der Waals surface area contributed by atoms with Crippen LogP contribution in [-0.4, -0.2) is 13.4 Å². The fraction of sp³-hybridized carbons (Fsp3) is 0.125. The highest BCUT2D eigenvalue weighted by molar-refractivity contribution is 9.10. The van der Waals surface area contributed by atoms with Crippen LogP contribution in [0.1, 0.15) is 5.56 Å². The number of sulfone groups is 1. The molecule has 0 atom stereocenters. The zero-order chi connectivity index (χ0) is 10.1. The van der Waals surface area contributed by atoms with E-state index in [4.69, 9.17) is 0 Å². The Kier molecular flexibility index (Phi) is 2.87. The van der Waals surface area contributed by atoms with Crippen LogP contribution in [-0.2, 0) is 9.84 Å². The third-order valence-electron chi connectivity index (χ3n) is 1.49. The zero-order valence-electron chi connectivity index (χ0n) is 6.99. The summed E-state index contributed by atoms with van der Waals surface area (Å²) in [5.74, 6) is 0. The van der Waals surface area contributed by atoms with Crippen molar-refractivity contribution in [3.63, 3.8) is 0 Å². The van der Waals surface area contributed by atoms with E-state index in [-0.39, 0.29) is 5.03 Å². The van der Waals surface area contributed by atoms with Gasteiger partial charge in [0.2, 0.25) is 9.84 Å². The monoisotopic (exact) mass is 261 g/mol. The van der Waals surface area contributed by atoms with E-state index in [9.17, 15) is 8.42 Å². The van der Waals surface area contributed by atoms with Crippen molar-refractivity contribution in [3.8, 4) is 0 Å². The third-order valence-corrected chi connectivity index (χ3v) is 3.32. The third kappa shape index (κ3) is 2.16. The lowest BCUT2D eigenvalue weighted by Crippen LogP contribution is -2.01. The molecule has 0 aliphatic carbocycles. The number of aryl methyl sites for hydroxylation is 1. The maximum absolute atomic E-state index is 11.3. The van der Waals surface area contributed by atoms with E-state index in [1.807, 2.05) is 0 Å². The predicted molar refractivity (Wildman–Crippen MR) is 54.1 cm³/mol. The molecule has 0 aliphatic rings. The van der Waals surface area contributed by atoms with Crippen molar-refractivity contribution >= 4 is 25.8 Å². The van der Waals surface area contributed by atoms with Gasteiger partial charge in [0.1, 0.15) is 0 Å². The summed E-state index contributed by atoms with van der Waals surface area (Å²) in [6.07, 6.45) is 1.45. The van der Waals surface area contributed by atoms with Gasteiger partial charge in [-0.25, -0.2) is 13.4 Å². The maximum Gasteiger partial charge on any atom is 0.216 e. The molecule has 0 aliphatic heterocycles. The molecule has 5 heteroatoms. The summed E-state index contributed by atoms with van der Waals surface area (Å²) >= 11 is 3.20. The second kappa shape index (κ2) is 3.59. The minimum atomic E-state index is -3.41. The molecule has 0 N–H and O–H groups in total. The van der Waals surface area contributed by atoms with Crippen molar-refractivity contribution in [2.45, 2.75) is 11.9 Å². The molecule has 0 amide bonds. The van der Waals surface area contributed by atoms with E-state index in [2.05, 4.69) is 27.5 Å². The summed E-state index contributed by atoms with van der Waals surface area (Å²) in [5.41, 5.74) is 0.606. The first-order valence-electron chi connectivity index (χ1n) is 3.47. The first kappa shape index (κ1) is 10.4. The quantitative estimate of drug-likeness (QED) is 0.819. The summed E-state index contributed by atoms with van der Waals surface area (Å²) in [5, 5.41) is 0.960. The van der Waals surface area contributed by atoms with Crippen LogP contribution < -0.4 is 0 Å². The molecule has 0 saturated heterocycles. The Morgan fingerprint density at radius 1 is 1.62 bits per heavy atom. The number of hydrogen-bond acceptors (Lipinski definition) is 3. The predicted octanol–water partition coefficient (Wildman–Crippen LogP) is 2.07. The lowest BCUT2D eigenvalue weighted by molar-refractivity contribution is 0.600. The standard InChI is InChI=1S/C8H8BrNO2S/c1-3-13(11,12)8-6(2)4-7(9)5-10-8/h3-5H,1H2,2H3. The summed E-state index contributed by atoms with van der Waals surface area (Å²) in [6, 6.07) is 1.70. The Labute approximate surface area is 85.5 Å². The molecule has 0 aromatic carbocycles. The van der Waals surface area contributed by atoms with Gasteiger partial charge in [-0.15, -0.1) is 0 Å². The van der Waals surface area contributed by atoms with E-state index in [1.54, 1.807) is 13.0 Å². The van der Waals surface area contributed by atoms with E-state index < -0.39 is 9.84 Å². The molecule has 0 fully saturated rings. The van der Waals surface area contributed by atoms with Gasteiger partial charge in [-0.3, -0.25) is 0 Å². The molecule has 0 bridgehead atoms. The molecular formula is C8H8BrNO2S. The van der Waals surface area contributed by atoms with Crippen molar-refractivity contribution in [3.05, 3.63) is 34.3 Å². The summed E-state index contributed by atoms with van der Waals surface area (Å²) in [4.78, 5) is 3.81. The van der Waals surface area contributed by atoms with E-state index in [1.165, 1.54) is 6.20 Å². The normalized spacial score (nSPS) is 11.2. The van der Waals surface area contributed by atoms with Crippen LogP contribution in [0.3, 0.4) is 0 Å². The van der Waals surface area contributed by atoms with E-state index in [0.717, 1.165) is 9.88 Å². The lowest BCUT2D eigenvalue weighted by atomic mass is 10.3. The zero-order valence-corrected chi connectivity index (χ0v) is 9.39. The number of rotatable bonds is 2. The molecule has 0 spiro atoms. The average molecular weight is 262 g/mol. The average Bonchev–Trinajstić information content (AvgIpc) is 2.03. The largest absolute Gasteiger partial charge is 0.243 e. The van der Waals surface area contributed by atoms with E-state index >= 15 is 0 Å². The highest BCUT2D eigenvalue weighted by Gasteiger charge is 2.14. The molecule has 70 valence electrons. The smallest absolute Gasteiger partial charge is 0.216 e. The van der Waals surface area contributed by atoms with Gasteiger partial charge in [0, 0.05) is 16.1 Å². The first-order valence-corrected chi connectivity index (χ1v) is 5.81. The topological polar surface area (TPSA) is 47.0 Å². The fourth-order valence-corrected chi connectivity index (χ4v) is 2.22. The summed E-state index contributed by atoms with van der Waals surface area (Å²) < 4.78 is 23.4. The van der Waals surface area contributed by atoms with Crippen LogP contribution in [0.25, 0.3) is 0 Å². The highest BCUT2D eigenvalue weighted by Crippen LogP contribution is 2.18. The highest BCUT2D eigenvalue weighted by atomic mass is 79.9. The molecule has 0 unspecified atom stereocenters. The van der Waals surface area contributed by atoms with Crippen LogP contribution >= 0.6 is 15.9 Å². The first-order chi connectivity index (χ1) is 5.97. The molecule has 1 aromatic heterocycles. The second-order valence-corrected chi connectivity index (χ2v) is 5.21. The Hall–Kier alpha value is -0.680. The van der Waals surface area contributed by atoms with Gasteiger partial charge in [-0.1, -0.05) is 6.58 Å². The number of nitrogens with zero attached hydrogens (tertiary/aromatic N) is 1. The van der Waals surface area contributed by atoms with E-state index in [0.29, 0.717) is 5.56 Å². The Balaban J connectivity index is 3.41. The van der Waals surface area contributed by atoms with Crippen LogP contribution in [0.2, 0.25) is 0 Å². The lowest BCUT2D eigenvalue weighted by Gasteiger charge is -2.01. The fourth-order valence-electron chi connectivity index (χ4n) is 0.905. The molecule has 13 heavy (non-hydrogen) atoms. The van der Waals surface area contributed by atoms with Crippen molar-refractivity contribution in [1.29, 1.82) is 0 Å². The van der Waals surface area contributed by atoms with Crippen molar-refractivity contribution < 1.29 is 8.42 Å². The number of hydrogen-bond donors (Lipinski definition) is 0. The number of pyridine rings is 1. The minimum absolute atomic E-state index is 0.0608. The Morgan fingerprint density at radius 2 is 2.23 bits per heavy atom. The Morgan fingerprint density at radius 3 is 2.69 bits per heavy atom. The second-order valence-electron chi connectivity index (χ2n) is 2.49. The SMILES string of the molecule is C=CS(=O)(=O)c1ncc(Br)cc1C. The van der Waals surface area contributed by atoms with Gasteiger partial charge in [0.05, 0.1) is 0 Å². The molecule has 1 rings (SSSR count). The van der Waals surface area contributed by atoms with Crippen LogP contribution in [0.4, 0.5) is 0 Å². The van der Waals surface area contributed by atoms with Gasteiger partial charge in [0.25, 0.3) is 0 Å². The van der Waals surface area contributed by atoms with Gasteiger partial charge in [-0.2, -0.15) is 0 Å². The molecule has 0 radical (unpaired) electrons. The van der Waals surface area contributed by atoms with Gasteiger partial charge in [-0.05, 0) is 34.5 Å². The summed E-state index contributed by atoms with van der Waals surface area (Å²) in [6.45, 7) is 4.92. The molecule has 3 nitrogen and oxygen atoms in total. The molecule has 1 aromatic rings. The van der Waals surface area contributed by atoms with Crippen LogP contribution in [0, 0.1) is 6.92 Å². The van der Waals surface area contributed by atoms with Crippen molar-refractivity contribution in [2.75, 3.05) is 0 Å². The number of aromatic nitrogens is 1. The van der Waals surface area contributed by atoms with Crippen LogP contribution in [0.15, 0.2) is 33.7 Å². The number of halogens is 1. The molecule has 0 saturated carbocycles. The van der Waals surface area contributed by atoms with Gasteiger partial charge in [0.15, 0.2) is 5.03 Å². The minimum Gasteiger partial charge on any atom is -0.243 e. The van der Waals surface area contributed by atoms with Crippen LogP contribution in [0.5, 0.6) is 0 Å². The van der Waals surface area contributed by atoms with Crippen molar-refractivity contribution in [1.82, 2.24) is 4.98 Å².